The fourth-order valence-electron chi connectivity index (χ4n) is 6.58. The molecule has 0 aliphatic heterocycles. The van der Waals surface area contributed by atoms with E-state index in [1.165, 1.54) is 13.8 Å². The molecule has 0 radical (unpaired) electrons. The van der Waals surface area contributed by atoms with Crippen molar-refractivity contribution in [3.63, 3.8) is 0 Å². The fourth-order valence-corrected chi connectivity index (χ4v) is 6.58. The van der Waals surface area contributed by atoms with Crippen LogP contribution >= 0.6 is 0 Å². The molecular weight excluding hydrogens is 578 g/mol. The van der Waals surface area contributed by atoms with Crippen molar-refractivity contribution >= 4 is 23.6 Å². The standard InChI is InChI=1S/C39H41NO6/c1-26(35(45-28(3)42)25-44-27(2)41)36(37(43)46-38(4,5)6)40(30-19-11-8-12-20-30)39(29-17-9-7-10-18-29)33-23-15-13-21-31(33)32-22-14-16-24-34(32)39/h7-24,26,35-36H,25H2,1-6H3/t26-,35+,36?/m0/s1. The van der Waals surface area contributed by atoms with Gasteiger partial charge in [-0.25, -0.2) is 4.79 Å². The van der Waals surface area contributed by atoms with E-state index in [9.17, 15) is 14.4 Å². The molecule has 4 aromatic rings. The lowest BCUT2D eigenvalue weighted by atomic mass is 9.76. The van der Waals surface area contributed by atoms with E-state index in [1.807, 2.05) is 100 Å². The average molecular weight is 620 g/mol. The maximum atomic E-state index is 14.8. The Morgan fingerprint density at radius 2 is 1.22 bits per heavy atom. The quantitative estimate of drug-likeness (QED) is 0.136. The smallest absolute Gasteiger partial charge is 0.329 e. The minimum Gasteiger partial charge on any atom is -0.462 e. The van der Waals surface area contributed by atoms with Crippen LogP contribution in [0.4, 0.5) is 5.69 Å². The number of hydrogen-bond donors (Lipinski definition) is 0. The molecule has 1 aliphatic rings. The molecule has 238 valence electrons. The first-order valence-electron chi connectivity index (χ1n) is 15.6. The molecule has 4 aromatic carbocycles. The van der Waals surface area contributed by atoms with E-state index in [4.69, 9.17) is 14.2 Å². The number of rotatable bonds is 10. The summed E-state index contributed by atoms with van der Waals surface area (Å²) in [6, 6.07) is 35.4. The van der Waals surface area contributed by atoms with E-state index in [0.717, 1.165) is 33.5 Å². The SMILES string of the molecule is CC(=O)OC[C@@H](OC(C)=O)[C@H](C)C(C(=O)OC(C)(C)C)N(c1ccccc1)C1(c2ccccc2)c2ccccc2-c2ccccc21. The number of benzene rings is 4. The van der Waals surface area contributed by atoms with Gasteiger partial charge in [0.2, 0.25) is 0 Å². The molecule has 46 heavy (non-hydrogen) atoms. The zero-order chi connectivity index (χ0) is 33.1. The van der Waals surface area contributed by atoms with E-state index in [1.54, 1.807) is 0 Å². The number of esters is 3. The lowest BCUT2D eigenvalue weighted by molar-refractivity contribution is -0.167. The van der Waals surface area contributed by atoms with E-state index in [0.29, 0.717) is 0 Å². The van der Waals surface area contributed by atoms with E-state index < -0.39 is 47.1 Å². The molecule has 0 amide bonds. The fraction of sp³-hybridized carbons (Fsp3) is 0.308. The van der Waals surface area contributed by atoms with Gasteiger partial charge < -0.3 is 19.1 Å². The highest BCUT2D eigenvalue weighted by Gasteiger charge is 2.55. The van der Waals surface area contributed by atoms with Gasteiger partial charge in [-0.15, -0.1) is 0 Å². The molecule has 7 heteroatoms. The van der Waals surface area contributed by atoms with Crippen molar-refractivity contribution in [2.45, 2.75) is 64.8 Å². The van der Waals surface area contributed by atoms with Gasteiger partial charge in [0.05, 0.1) is 0 Å². The second-order valence-electron chi connectivity index (χ2n) is 12.7. The predicted octanol–water partition coefficient (Wildman–Crippen LogP) is 7.31. The second kappa shape index (κ2) is 13.2. The summed E-state index contributed by atoms with van der Waals surface area (Å²) in [6.07, 6.45) is -0.954. The van der Waals surface area contributed by atoms with Gasteiger partial charge in [0.15, 0.2) is 0 Å². The van der Waals surface area contributed by atoms with Crippen molar-refractivity contribution in [1.82, 2.24) is 0 Å². The Morgan fingerprint density at radius 3 is 1.72 bits per heavy atom. The van der Waals surface area contributed by atoms with Crippen molar-refractivity contribution in [3.8, 4) is 11.1 Å². The summed E-state index contributed by atoms with van der Waals surface area (Å²) in [7, 11) is 0. The third kappa shape index (κ3) is 6.27. The van der Waals surface area contributed by atoms with Crippen LogP contribution in [0.25, 0.3) is 11.1 Å². The molecular formula is C39H41NO6. The Kier molecular flexibility index (Phi) is 9.33. The molecule has 0 saturated heterocycles. The molecule has 0 bridgehead atoms. The van der Waals surface area contributed by atoms with Gasteiger partial charge >= 0.3 is 17.9 Å². The van der Waals surface area contributed by atoms with Crippen molar-refractivity contribution in [2.24, 2.45) is 5.92 Å². The Balaban J connectivity index is 1.88. The summed E-state index contributed by atoms with van der Waals surface area (Å²) in [5.41, 5.74) is 3.95. The van der Waals surface area contributed by atoms with Crippen LogP contribution in [0.15, 0.2) is 109 Å². The first-order chi connectivity index (χ1) is 21.9. The molecule has 0 spiro atoms. The molecule has 0 N–H and O–H groups in total. The zero-order valence-electron chi connectivity index (χ0n) is 27.2. The minimum atomic E-state index is -1.03. The summed E-state index contributed by atoms with van der Waals surface area (Å²) in [4.78, 5) is 41.3. The van der Waals surface area contributed by atoms with Crippen LogP contribution in [-0.4, -0.2) is 42.3 Å². The predicted molar refractivity (Wildman–Crippen MR) is 178 cm³/mol. The van der Waals surface area contributed by atoms with Crippen LogP contribution in [0.1, 0.15) is 58.2 Å². The first-order valence-corrected chi connectivity index (χ1v) is 15.6. The largest absolute Gasteiger partial charge is 0.462 e. The normalized spacial score (nSPS) is 15.0. The number of anilines is 1. The average Bonchev–Trinajstić information content (AvgIpc) is 3.32. The summed E-state index contributed by atoms with van der Waals surface area (Å²) in [5, 5.41) is 0. The first kappa shape index (κ1) is 32.5. The van der Waals surface area contributed by atoms with Crippen LogP contribution in [0.5, 0.6) is 0 Å². The third-order valence-corrected chi connectivity index (χ3v) is 8.29. The van der Waals surface area contributed by atoms with Gasteiger partial charge in [-0.05, 0) is 60.7 Å². The lowest BCUT2D eigenvalue weighted by Gasteiger charge is -2.50. The highest BCUT2D eigenvalue weighted by Crippen LogP contribution is 2.56. The molecule has 5 rings (SSSR count). The minimum absolute atomic E-state index is 0.219. The van der Waals surface area contributed by atoms with Gasteiger partial charge in [0, 0.05) is 25.5 Å². The van der Waals surface area contributed by atoms with Crippen LogP contribution in [0.3, 0.4) is 0 Å². The van der Waals surface area contributed by atoms with Gasteiger partial charge in [-0.1, -0.05) is 104 Å². The lowest BCUT2D eigenvalue weighted by Crippen LogP contribution is -2.60. The van der Waals surface area contributed by atoms with Crippen LogP contribution in [-0.2, 0) is 34.1 Å². The maximum Gasteiger partial charge on any atom is 0.329 e. The number of ether oxygens (including phenoxy) is 3. The van der Waals surface area contributed by atoms with Crippen LogP contribution in [0, 0.1) is 5.92 Å². The summed E-state index contributed by atoms with van der Waals surface area (Å²) < 4.78 is 17.4. The van der Waals surface area contributed by atoms with Crippen LogP contribution in [0.2, 0.25) is 0 Å². The monoisotopic (exact) mass is 619 g/mol. The maximum absolute atomic E-state index is 14.8. The van der Waals surface area contributed by atoms with Gasteiger partial charge in [0.25, 0.3) is 0 Å². The van der Waals surface area contributed by atoms with Crippen molar-refractivity contribution < 1.29 is 28.6 Å². The van der Waals surface area contributed by atoms with Gasteiger partial charge in [0.1, 0.15) is 29.9 Å². The van der Waals surface area contributed by atoms with Crippen molar-refractivity contribution in [3.05, 3.63) is 126 Å². The van der Waals surface area contributed by atoms with E-state index >= 15 is 0 Å². The van der Waals surface area contributed by atoms with Crippen molar-refractivity contribution in [1.29, 1.82) is 0 Å². The van der Waals surface area contributed by atoms with E-state index in [-0.39, 0.29) is 6.61 Å². The molecule has 1 aliphatic carbocycles. The Bertz CT molecular complexity index is 1650. The molecule has 1 unspecified atom stereocenters. The number of carbonyl (C=O) groups excluding carboxylic acids is 3. The Labute approximate surface area is 271 Å². The number of carbonyl (C=O) groups is 3. The van der Waals surface area contributed by atoms with Crippen LogP contribution < -0.4 is 4.90 Å². The number of nitrogens with zero attached hydrogens (tertiary/aromatic N) is 1. The van der Waals surface area contributed by atoms with Gasteiger partial charge in [-0.3, -0.25) is 9.59 Å². The molecule has 0 aromatic heterocycles. The number of fused-ring (bicyclic) bond motifs is 3. The summed E-state index contributed by atoms with van der Waals surface area (Å²) in [5.74, 6) is -2.27. The Morgan fingerprint density at radius 1 is 0.717 bits per heavy atom. The molecule has 0 saturated carbocycles. The second-order valence-corrected chi connectivity index (χ2v) is 12.7. The topological polar surface area (TPSA) is 82.1 Å². The number of hydrogen-bond acceptors (Lipinski definition) is 7. The molecule has 7 nitrogen and oxygen atoms in total. The molecule has 0 heterocycles. The molecule has 3 atom stereocenters. The highest BCUT2D eigenvalue weighted by molar-refractivity contribution is 5.89. The van der Waals surface area contributed by atoms with Gasteiger partial charge in [-0.2, -0.15) is 0 Å². The third-order valence-electron chi connectivity index (χ3n) is 8.29. The zero-order valence-corrected chi connectivity index (χ0v) is 27.2. The Hall–Kier alpha value is -4.91. The summed E-state index contributed by atoms with van der Waals surface area (Å²) in [6.45, 7) is 9.71. The highest BCUT2D eigenvalue weighted by atomic mass is 16.6. The summed E-state index contributed by atoms with van der Waals surface area (Å²) >= 11 is 0. The number of para-hydroxylation sites is 1. The van der Waals surface area contributed by atoms with Crippen molar-refractivity contribution in [2.75, 3.05) is 11.5 Å². The van der Waals surface area contributed by atoms with E-state index in [2.05, 4.69) is 41.3 Å². The molecule has 0 fully saturated rings.